The summed E-state index contributed by atoms with van der Waals surface area (Å²) < 4.78 is 15.6. The Hall–Kier alpha value is -3.93. The average molecular weight is 373 g/mol. The van der Waals surface area contributed by atoms with Crippen LogP contribution < -0.4 is 0 Å². The maximum atomic E-state index is 12.4. The van der Waals surface area contributed by atoms with Gasteiger partial charge in [0.1, 0.15) is 12.3 Å². The molecule has 6 nitrogen and oxygen atoms in total. The van der Waals surface area contributed by atoms with E-state index in [1.165, 1.54) is 6.26 Å². The summed E-state index contributed by atoms with van der Waals surface area (Å²) in [5, 5.41) is 3.85. The highest BCUT2D eigenvalue weighted by Gasteiger charge is 2.14. The SMILES string of the molecule is O=C(OCc1cc(-c2ccco2)on1)c1ccc(C(=O)c2ccccc2)cc1. The van der Waals surface area contributed by atoms with Crippen molar-refractivity contribution in [2.45, 2.75) is 6.61 Å². The molecule has 0 aliphatic carbocycles. The van der Waals surface area contributed by atoms with Gasteiger partial charge in [-0.05, 0) is 24.3 Å². The van der Waals surface area contributed by atoms with Crippen molar-refractivity contribution in [1.29, 1.82) is 0 Å². The minimum Gasteiger partial charge on any atom is -0.461 e. The summed E-state index contributed by atoms with van der Waals surface area (Å²) in [4.78, 5) is 24.6. The van der Waals surface area contributed by atoms with Crippen LogP contribution in [0.1, 0.15) is 32.0 Å². The van der Waals surface area contributed by atoms with Crippen LogP contribution in [0.4, 0.5) is 0 Å². The second kappa shape index (κ2) is 7.75. The highest BCUT2D eigenvalue weighted by molar-refractivity contribution is 6.09. The normalized spacial score (nSPS) is 10.6. The van der Waals surface area contributed by atoms with Crippen molar-refractivity contribution in [1.82, 2.24) is 5.16 Å². The number of furan rings is 1. The van der Waals surface area contributed by atoms with Crippen molar-refractivity contribution in [3.05, 3.63) is 101 Å². The number of hydrogen-bond acceptors (Lipinski definition) is 6. The Morgan fingerprint density at radius 2 is 1.54 bits per heavy atom. The van der Waals surface area contributed by atoms with Crippen molar-refractivity contribution in [3.63, 3.8) is 0 Å². The smallest absolute Gasteiger partial charge is 0.338 e. The molecule has 0 atom stereocenters. The van der Waals surface area contributed by atoms with E-state index in [0.717, 1.165) is 0 Å². The first-order valence-electron chi connectivity index (χ1n) is 8.57. The van der Waals surface area contributed by atoms with Crippen molar-refractivity contribution >= 4 is 11.8 Å². The number of carbonyl (C=O) groups excluding carboxylic acids is 2. The fourth-order valence-electron chi connectivity index (χ4n) is 2.65. The fraction of sp³-hybridized carbons (Fsp3) is 0.0455. The van der Waals surface area contributed by atoms with Crippen LogP contribution in [-0.2, 0) is 11.3 Å². The summed E-state index contributed by atoms with van der Waals surface area (Å²) >= 11 is 0. The lowest BCUT2D eigenvalue weighted by Gasteiger charge is -2.04. The van der Waals surface area contributed by atoms with Crippen LogP contribution in [0.5, 0.6) is 0 Å². The molecule has 2 aromatic carbocycles. The first-order valence-corrected chi connectivity index (χ1v) is 8.57. The van der Waals surface area contributed by atoms with Crippen LogP contribution in [0, 0.1) is 0 Å². The first kappa shape index (κ1) is 17.5. The summed E-state index contributed by atoms with van der Waals surface area (Å²) in [6, 6.07) is 20.4. The second-order valence-electron chi connectivity index (χ2n) is 6.01. The molecule has 0 unspecified atom stereocenters. The van der Waals surface area contributed by atoms with Crippen molar-refractivity contribution in [2.75, 3.05) is 0 Å². The summed E-state index contributed by atoms with van der Waals surface area (Å²) in [5.74, 6) is 0.387. The van der Waals surface area contributed by atoms with Gasteiger partial charge in [0.15, 0.2) is 11.5 Å². The van der Waals surface area contributed by atoms with Crippen molar-refractivity contribution in [3.8, 4) is 11.5 Å². The molecule has 138 valence electrons. The third kappa shape index (κ3) is 3.76. The summed E-state index contributed by atoms with van der Waals surface area (Å²) in [7, 11) is 0. The van der Waals surface area contributed by atoms with Gasteiger partial charge in [-0.25, -0.2) is 4.79 Å². The predicted octanol–water partition coefficient (Wildman–Crippen LogP) is 4.52. The molecule has 0 amide bonds. The van der Waals surface area contributed by atoms with E-state index in [0.29, 0.717) is 33.9 Å². The Morgan fingerprint density at radius 1 is 0.821 bits per heavy atom. The van der Waals surface area contributed by atoms with Gasteiger partial charge < -0.3 is 13.7 Å². The molecule has 0 aliphatic rings. The summed E-state index contributed by atoms with van der Waals surface area (Å²) in [6.07, 6.45) is 1.53. The standard InChI is InChI=1S/C22H15NO5/c24-21(15-5-2-1-3-6-15)16-8-10-17(11-9-16)22(25)27-14-18-13-20(28-23-18)19-7-4-12-26-19/h1-13H,14H2. The average Bonchev–Trinajstić information content (AvgIpc) is 3.44. The van der Waals surface area contributed by atoms with E-state index >= 15 is 0 Å². The lowest BCUT2D eigenvalue weighted by atomic mass is 10.0. The molecule has 4 aromatic rings. The van der Waals surface area contributed by atoms with Crippen LogP contribution in [0.15, 0.2) is 88.0 Å². The number of benzene rings is 2. The van der Waals surface area contributed by atoms with Gasteiger partial charge in [-0.1, -0.05) is 47.6 Å². The Kier molecular flexibility index (Phi) is 4.84. The Morgan fingerprint density at radius 3 is 2.25 bits per heavy atom. The maximum Gasteiger partial charge on any atom is 0.338 e. The monoisotopic (exact) mass is 373 g/mol. The van der Waals surface area contributed by atoms with Gasteiger partial charge in [-0.3, -0.25) is 4.79 Å². The number of ether oxygens (including phenoxy) is 1. The van der Waals surface area contributed by atoms with Gasteiger partial charge in [0.05, 0.1) is 11.8 Å². The highest BCUT2D eigenvalue weighted by atomic mass is 16.5. The molecule has 28 heavy (non-hydrogen) atoms. The molecule has 0 spiro atoms. The maximum absolute atomic E-state index is 12.4. The second-order valence-corrected chi connectivity index (χ2v) is 6.01. The molecule has 0 radical (unpaired) electrons. The zero-order valence-corrected chi connectivity index (χ0v) is 14.7. The Labute approximate surface area is 160 Å². The van der Waals surface area contributed by atoms with E-state index < -0.39 is 5.97 Å². The predicted molar refractivity (Wildman–Crippen MR) is 99.6 cm³/mol. The number of nitrogens with zero attached hydrogens (tertiary/aromatic N) is 1. The Balaban J connectivity index is 1.38. The highest BCUT2D eigenvalue weighted by Crippen LogP contribution is 2.21. The van der Waals surface area contributed by atoms with Gasteiger partial charge in [0.2, 0.25) is 5.76 Å². The van der Waals surface area contributed by atoms with Gasteiger partial charge in [-0.2, -0.15) is 0 Å². The number of carbonyl (C=O) groups is 2. The molecule has 6 heteroatoms. The molecule has 0 saturated heterocycles. The van der Waals surface area contributed by atoms with Gasteiger partial charge in [0, 0.05) is 17.2 Å². The number of ketones is 1. The van der Waals surface area contributed by atoms with E-state index in [4.69, 9.17) is 13.7 Å². The van der Waals surface area contributed by atoms with E-state index in [2.05, 4.69) is 5.16 Å². The van der Waals surface area contributed by atoms with Crippen LogP contribution >= 0.6 is 0 Å². The number of hydrogen-bond donors (Lipinski definition) is 0. The third-order valence-corrected chi connectivity index (χ3v) is 4.09. The number of rotatable bonds is 6. The van der Waals surface area contributed by atoms with E-state index in [1.807, 2.05) is 6.07 Å². The molecule has 0 bridgehead atoms. The van der Waals surface area contributed by atoms with Gasteiger partial charge >= 0.3 is 5.97 Å². The van der Waals surface area contributed by atoms with Gasteiger partial charge in [-0.15, -0.1) is 0 Å². The van der Waals surface area contributed by atoms with E-state index in [1.54, 1.807) is 66.7 Å². The molecule has 0 aliphatic heterocycles. The number of esters is 1. The van der Waals surface area contributed by atoms with Crippen molar-refractivity contribution < 1.29 is 23.3 Å². The first-order chi connectivity index (χ1) is 13.7. The largest absolute Gasteiger partial charge is 0.461 e. The lowest BCUT2D eigenvalue weighted by Crippen LogP contribution is -2.07. The molecular weight excluding hydrogens is 358 g/mol. The molecule has 0 saturated carbocycles. The van der Waals surface area contributed by atoms with Crippen LogP contribution in [-0.4, -0.2) is 16.9 Å². The summed E-state index contributed by atoms with van der Waals surface area (Å²) in [5.41, 5.74) is 1.91. The van der Waals surface area contributed by atoms with Crippen LogP contribution in [0.25, 0.3) is 11.5 Å². The fourth-order valence-corrected chi connectivity index (χ4v) is 2.65. The summed E-state index contributed by atoms with van der Waals surface area (Å²) in [6.45, 7) is -0.0340. The van der Waals surface area contributed by atoms with Crippen LogP contribution in [0.2, 0.25) is 0 Å². The molecule has 2 heterocycles. The Bertz CT molecular complexity index is 1080. The zero-order chi connectivity index (χ0) is 19.3. The van der Waals surface area contributed by atoms with E-state index in [-0.39, 0.29) is 12.4 Å². The van der Waals surface area contributed by atoms with E-state index in [9.17, 15) is 9.59 Å². The molecule has 0 fully saturated rings. The quantitative estimate of drug-likeness (QED) is 0.365. The van der Waals surface area contributed by atoms with Crippen LogP contribution in [0.3, 0.4) is 0 Å². The molecular formula is C22H15NO5. The molecule has 4 rings (SSSR count). The molecule has 2 aromatic heterocycles. The molecule has 0 N–H and O–H groups in total. The lowest BCUT2D eigenvalue weighted by molar-refractivity contribution is 0.0464. The number of aromatic nitrogens is 1. The zero-order valence-electron chi connectivity index (χ0n) is 14.7. The minimum atomic E-state index is -0.513. The van der Waals surface area contributed by atoms with Crippen molar-refractivity contribution in [2.24, 2.45) is 0 Å². The minimum absolute atomic E-state index is 0.0340. The van der Waals surface area contributed by atoms with Gasteiger partial charge in [0.25, 0.3) is 0 Å². The topological polar surface area (TPSA) is 82.5 Å². The third-order valence-electron chi connectivity index (χ3n) is 4.09.